The van der Waals surface area contributed by atoms with Crippen molar-refractivity contribution in [2.45, 2.75) is 25.8 Å². The zero-order valence-corrected chi connectivity index (χ0v) is 13.8. The van der Waals surface area contributed by atoms with Gasteiger partial charge in [-0.3, -0.25) is 4.98 Å². The van der Waals surface area contributed by atoms with E-state index in [0.717, 1.165) is 0 Å². The molecule has 0 aliphatic rings. The Morgan fingerprint density at radius 1 is 1.38 bits per heavy atom. The van der Waals surface area contributed by atoms with Crippen LogP contribution >= 0.6 is 11.6 Å². The number of hydrogen-bond donors (Lipinski definition) is 2. The average Bonchev–Trinajstić information content (AvgIpc) is 2.54. The Kier molecular flexibility index (Phi) is 6.69. The normalized spacial score (nSPS) is 12.2. The van der Waals surface area contributed by atoms with Gasteiger partial charge in [-0.05, 0) is 31.5 Å². The number of anilines is 1. The van der Waals surface area contributed by atoms with Crippen LogP contribution < -0.4 is 10.1 Å². The Morgan fingerprint density at radius 2 is 2.17 bits per heavy atom. The van der Waals surface area contributed by atoms with Gasteiger partial charge in [0.15, 0.2) is 0 Å². The van der Waals surface area contributed by atoms with E-state index in [1.54, 1.807) is 24.4 Å². The lowest BCUT2D eigenvalue weighted by Crippen LogP contribution is -2.17. The Bertz CT molecular complexity index is 674. The largest absolute Gasteiger partial charge is 0.485 e. The molecule has 0 bridgehead atoms. The van der Waals surface area contributed by atoms with Crippen LogP contribution in [-0.4, -0.2) is 40.8 Å². The summed E-state index contributed by atoms with van der Waals surface area (Å²) in [6, 6.07) is 4.77. The molecule has 0 spiro atoms. The smallest absolute Gasteiger partial charge is 0.272 e. The van der Waals surface area contributed by atoms with E-state index >= 15 is 0 Å². The SMILES string of the molecule is C[C@@H](CCO)Nc1cc(Cl)ncc1-c1ncccc1OCC(F)F. The lowest BCUT2D eigenvalue weighted by molar-refractivity contribution is 0.0820. The molecule has 8 heteroatoms. The van der Waals surface area contributed by atoms with Crippen molar-refractivity contribution in [2.75, 3.05) is 18.5 Å². The van der Waals surface area contributed by atoms with E-state index in [1.165, 1.54) is 6.20 Å². The van der Waals surface area contributed by atoms with E-state index in [0.29, 0.717) is 23.4 Å². The first-order valence-electron chi connectivity index (χ1n) is 7.40. The minimum Gasteiger partial charge on any atom is -0.485 e. The molecule has 0 aromatic carbocycles. The minimum atomic E-state index is -2.58. The van der Waals surface area contributed by atoms with Crippen LogP contribution in [0.1, 0.15) is 13.3 Å². The molecular weight excluding hydrogens is 340 g/mol. The number of aromatic nitrogens is 2. The van der Waals surface area contributed by atoms with E-state index in [4.69, 9.17) is 21.4 Å². The number of rotatable bonds is 8. The highest BCUT2D eigenvalue weighted by Gasteiger charge is 2.16. The lowest BCUT2D eigenvalue weighted by Gasteiger charge is -2.18. The van der Waals surface area contributed by atoms with Crippen molar-refractivity contribution in [3.05, 3.63) is 35.7 Å². The van der Waals surface area contributed by atoms with Gasteiger partial charge in [0.05, 0.1) is 0 Å². The molecule has 0 saturated heterocycles. The van der Waals surface area contributed by atoms with Crippen LogP contribution in [0.25, 0.3) is 11.3 Å². The van der Waals surface area contributed by atoms with E-state index < -0.39 is 13.0 Å². The lowest BCUT2D eigenvalue weighted by atomic mass is 10.1. The fourth-order valence-electron chi connectivity index (χ4n) is 2.13. The molecule has 0 aliphatic carbocycles. The summed E-state index contributed by atoms with van der Waals surface area (Å²) in [5.74, 6) is 0.236. The van der Waals surface area contributed by atoms with E-state index in [2.05, 4.69) is 15.3 Å². The Hall–Kier alpha value is -1.99. The molecule has 2 aromatic rings. The third kappa shape index (κ3) is 5.01. The first kappa shape index (κ1) is 18.4. The van der Waals surface area contributed by atoms with Gasteiger partial charge in [-0.25, -0.2) is 13.8 Å². The molecule has 0 radical (unpaired) electrons. The Balaban J connectivity index is 2.37. The number of pyridine rings is 2. The highest BCUT2D eigenvalue weighted by Crippen LogP contribution is 2.34. The third-order valence-corrected chi connectivity index (χ3v) is 3.43. The summed E-state index contributed by atoms with van der Waals surface area (Å²) in [5, 5.41) is 12.5. The molecule has 2 heterocycles. The topological polar surface area (TPSA) is 67.3 Å². The molecule has 0 amide bonds. The first-order chi connectivity index (χ1) is 11.5. The van der Waals surface area contributed by atoms with Crippen molar-refractivity contribution in [1.29, 1.82) is 0 Å². The average molecular weight is 358 g/mol. The quantitative estimate of drug-likeness (QED) is 0.706. The number of nitrogens with one attached hydrogen (secondary N) is 1. The second kappa shape index (κ2) is 8.75. The van der Waals surface area contributed by atoms with Gasteiger partial charge in [0.1, 0.15) is 23.2 Å². The minimum absolute atomic E-state index is 0.0265. The summed E-state index contributed by atoms with van der Waals surface area (Å²) >= 11 is 5.96. The molecule has 2 N–H and O–H groups in total. The van der Waals surface area contributed by atoms with Crippen molar-refractivity contribution in [3.8, 4) is 17.0 Å². The number of ether oxygens (including phenoxy) is 1. The number of halogens is 3. The molecule has 5 nitrogen and oxygen atoms in total. The predicted molar refractivity (Wildman–Crippen MR) is 88.8 cm³/mol. The third-order valence-electron chi connectivity index (χ3n) is 3.23. The van der Waals surface area contributed by atoms with Gasteiger partial charge in [0.2, 0.25) is 0 Å². The van der Waals surface area contributed by atoms with Gasteiger partial charge < -0.3 is 15.2 Å². The molecule has 2 rings (SSSR count). The highest BCUT2D eigenvalue weighted by molar-refractivity contribution is 6.29. The summed E-state index contributed by atoms with van der Waals surface area (Å²) in [7, 11) is 0. The molecule has 1 atom stereocenters. The summed E-state index contributed by atoms with van der Waals surface area (Å²) in [5.41, 5.74) is 1.60. The summed E-state index contributed by atoms with van der Waals surface area (Å²) in [6.07, 6.45) is 1.01. The van der Waals surface area contributed by atoms with Gasteiger partial charge in [0.25, 0.3) is 6.43 Å². The Morgan fingerprint density at radius 3 is 2.88 bits per heavy atom. The van der Waals surface area contributed by atoms with E-state index in [-0.39, 0.29) is 23.6 Å². The summed E-state index contributed by atoms with van der Waals surface area (Å²) in [4.78, 5) is 8.27. The second-order valence-electron chi connectivity index (χ2n) is 5.16. The number of aliphatic hydroxyl groups is 1. The summed E-state index contributed by atoms with van der Waals surface area (Å²) in [6.45, 7) is 1.22. The standard InChI is InChI=1S/C16H18ClF2N3O2/c1-10(4-6-23)22-12-7-14(17)21-8-11(12)16-13(3-2-5-20-16)24-9-15(18)19/h2-3,5,7-8,10,15,23H,4,6,9H2,1H3,(H,21,22)/t10-/m0/s1. The number of hydrogen-bond acceptors (Lipinski definition) is 5. The fraction of sp³-hybridized carbons (Fsp3) is 0.375. The monoisotopic (exact) mass is 357 g/mol. The molecular formula is C16H18ClF2N3O2. The van der Waals surface area contributed by atoms with E-state index in [9.17, 15) is 8.78 Å². The van der Waals surface area contributed by atoms with Crippen LogP contribution in [0.2, 0.25) is 5.15 Å². The highest BCUT2D eigenvalue weighted by atomic mass is 35.5. The van der Waals surface area contributed by atoms with Crippen LogP contribution in [0.4, 0.5) is 14.5 Å². The van der Waals surface area contributed by atoms with Crippen molar-refractivity contribution >= 4 is 17.3 Å². The number of alkyl halides is 2. The molecule has 0 unspecified atom stereocenters. The maximum Gasteiger partial charge on any atom is 0.272 e. The van der Waals surface area contributed by atoms with Gasteiger partial charge in [-0.2, -0.15) is 0 Å². The molecule has 0 saturated carbocycles. The Labute approximate surface area is 143 Å². The second-order valence-corrected chi connectivity index (χ2v) is 5.55. The zero-order chi connectivity index (χ0) is 17.5. The molecule has 2 aromatic heterocycles. The molecule has 24 heavy (non-hydrogen) atoms. The summed E-state index contributed by atoms with van der Waals surface area (Å²) < 4.78 is 30.0. The molecule has 0 aliphatic heterocycles. The van der Waals surface area contributed by atoms with Crippen molar-refractivity contribution < 1.29 is 18.6 Å². The predicted octanol–water partition coefficient (Wildman–Crippen LogP) is 3.62. The van der Waals surface area contributed by atoms with Crippen LogP contribution in [0, 0.1) is 0 Å². The van der Waals surface area contributed by atoms with Gasteiger partial charge in [-0.15, -0.1) is 0 Å². The van der Waals surface area contributed by atoms with Gasteiger partial charge >= 0.3 is 0 Å². The molecule has 130 valence electrons. The van der Waals surface area contributed by atoms with Crippen LogP contribution in [0.3, 0.4) is 0 Å². The van der Waals surface area contributed by atoms with Gasteiger partial charge in [0, 0.05) is 36.3 Å². The van der Waals surface area contributed by atoms with Crippen molar-refractivity contribution in [2.24, 2.45) is 0 Å². The number of aliphatic hydroxyl groups excluding tert-OH is 1. The maximum absolute atomic E-state index is 12.4. The zero-order valence-electron chi connectivity index (χ0n) is 13.0. The van der Waals surface area contributed by atoms with Crippen molar-refractivity contribution in [1.82, 2.24) is 9.97 Å². The first-order valence-corrected chi connectivity index (χ1v) is 7.78. The van der Waals surface area contributed by atoms with Crippen LogP contribution in [0.5, 0.6) is 5.75 Å². The van der Waals surface area contributed by atoms with Crippen LogP contribution in [0.15, 0.2) is 30.6 Å². The number of nitrogens with zero attached hydrogens (tertiary/aromatic N) is 2. The fourth-order valence-corrected chi connectivity index (χ4v) is 2.29. The van der Waals surface area contributed by atoms with E-state index in [1.807, 2.05) is 6.92 Å². The van der Waals surface area contributed by atoms with Gasteiger partial charge in [-0.1, -0.05) is 11.6 Å². The maximum atomic E-state index is 12.4. The van der Waals surface area contributed by atoms with Crippen molar-refractivity contribution in [3.63, 3.8) is 0 Å². The van der Waals surface area contributed by atoms with Crippen LogP contribution in [-0.2, 0) is 0 Å². The molecule has 0 fully saturated rings.